The zero-order valence-electron chi connectivity index (χ0n) is 11.1. The monoisotopic (exact) mass is 270 g/mol. The van der Waals surface area contributed by atoms with E-state index in [0.717, 1.165) is 11.4 Å². The first-order valence-electron chi connectivity index (χ1n) is 6.39. The van der Waals surface area contributed by atoms with Gasteiger partial charge in [-0.2, -0.15) is 0 Å². The third-order valence-corrected chi connectivity index (χ3v) is 2.55. The van der Waals surface area contributed by atoms with Crippen LogP contribution in [0.3, 0.4) is 0 Å². The van der Waals surface area contributed by atoms with Crippen molar-refractivity contribution in [3.05, 3.63) is 60.7 Å². The molecule has 0 heterocycles. The molecule has 5 heteroatoms. The average Bonchev–Trinajstić information content (AvgIpc) is 2.52. The van der Waals surface area contributed by atoms with Crippen molar-refractivity contribution in [2.75, 3.05) is 18.5 Å². The predicted octanol–water partition coefficient (Wildman–Crippen LogP) is 2.00. The summed E-state index contributed by atoms with van der Waals surface area (Å²) < 4.78 is 5.55. The highest BCUT2D eigenvalue weighted by atomic mass is 16.5. The molecule has 0 amide bonds. The van der Waals surface area contributed by atoms with Crippen LogP contribution in [0, 0.1) is 0 Å². The van der Waals surface area contributed by atoms with E-state index in [4.69, 9.17) is 10.6 Å². The molecule has 20 heavy (non-hydrogen) atoms. The van der Waals surface area contributed by atoms with Gasteiger partial charge in [-0.25, -0.2) is 10.8 Å². The van der Waals surface area contributed by atoms with Crippen molar-refractivity contribution in [3.63, 3.8) is 0 Å². The molecule has 0 atom stereocenters. The number of hydrogen-bond acceptors (Lipinski definition) is 3. The third kappa shape index (κ3) is 4.62. The maximum Gasteiger partial charge on any atom is 0.210 e. The van der Waals surface area contributed by atoms with Gasteiger partial charge in [0.05, 0.1) is 6.54 Å². The van der Waals surface area contributed by atoms with Crippen molar-refractivity contribution in [2.24, 2.45) is 10.8 Å². The number of para-hydroxylation sites is 2. The van der Waals surface area contributed by atoms with Gasteiger partial charge < -0.3 is 10.1 Å². The number of guanidine groups is 1. The van der Waals surface area contributed by atoms with Gasteiger partial charge >= 0.3 is 0 Å². The van der Waals surface area contributed by atoms with E-state index < -0.39 is 0 Å². The molecular weight excluding hydrogens is 252 g/mol. The van der Waals surface area contributed by atoms with Crippen LogP contribution in [0.15, 0.2) is 65.7 Å². The lowest BCUT2D eigenvalue weighted by atomic mass is 10.3. The molecule has 0 unspecified atom stereocenters. The molecule has 0 bridgehead atoms. The standard InChI is InChI=1S/C15H18N4O/c16-19-15(18-13-7-3-1-4-8-13)17-11-12-20-14-9-5-2-6-10-14/h1-10H,11-12,16H2,(H2,17,18,19). The first-order chi connectivity index (χ1) is 9.88. The Morgan fingerprint density at radius 3 is 2.30 bits per heavy atom. The molecule has 2 rings (SSSR count). The zero-order chi connectivity index (χ0) is 14.0. The summed E-state index contributed by atoms with van der Waals surface area (Å²) in [5, 5.41) is 3.09. The smallest absolute Gasteiger partial charge is 0.210 e. The number of hydrogen-bond donors (Lipinski definition) is 3. The van der Waals surface area contributed by atoms with Crippen molar-refractivity contribution in [1.29, 1.82) is 0 Å². The van der Waals surface area contributed by atoms with Gasteiger partial charge in [0.1, 0.15) is 12.4 Å². The lowest BCUT2D eigenvalue weighted by Crippen LogP contribution is -2.36. The van der Waals surface area contributed by atoms with Crippen LogP contribution in [0.5, 0.6) is 5.75 Å². The molecule has 2 aromatic rings. The van der Waals surface area contributed by atoms with Crippen LogP contribution in [-0.4, -0.2) is 19.1 Å². The van der Waals surface area contributed by atoms with Crippen LogP contribution in [0.2, 0.25) is 0 Å². The molecule has 0 saturated heterocycles. The molecule has 0 fully saturated rings. The number of hydrazine groups is 1. The summed E-state index contributed by atoms with van der Waals surface area (Å²) in [5.74, 6) is 6.77. The normalized spacial score (nSPS) is 10.9. The van der Waals surface area contributed by atoms with E-state index in [1.165, 1.54) is 0 Å². The van der Waals surface area contributed by atoms with Crippen LogP contribution < -0.4 is 21.3 Å². The summed E-state index contributed by atoms with van der Waals surface area (Å²) in [6, 6.07) is 19.3. The molecular formula is C15H18N4O. The number of rotatable bonds is 5. The second-order valence-electron chi connectivity index (χ2n) is 4.03. The lowest BCUT2D eigenvalue weighted by molar-refractivity contribution is 0.328. The summed E-state index contributed by atoms with van der Waals surface area (Å²) in [7, 11) is 0. The van der Waals surface area contributed by atoms with Crippen LogP contribution in [-0.2, 0) is 0 Å². The Kier molecular flexibility index (Phi) is 5.42. The number of benzene rings is 2. The molecule has 2 aromatic carbocycles. The van der Waals surface area contributed by atoms with Crippen LogP contribution in [0.25, 0.3) is 0 Å². The minimum absolute atomic E-state index is 0.492. The van der Waals surface area contributed by atoms with Crippen LogP contribution in [0.1, 0.15) is 0 Å². The minimum Gasteiger partial charge on any atom is -0.492 e. The first kappa shape index (κ1) is 13.9. The maximum absolute atomic E-state index is 5.55. The molecule has 0 saturated carbocycles. The Labute approximate surface area is 118 Å². The van der Waals surface area contributed by atoms with Crippen molar-refractivity contribution in [1.82, 2.24) is 5.43 Å². The Morgan fingerprint density at radius 2 is 1.65 bits per heavy atom. The Bertz CT molecular complexity index is 528. The van der Waals surface area contributed by atoms with E-state index in [1.54, 1.807) is 0 Å². The van der Waals surface area contributed by atoms with E-state index >= 15 is 0 Å². The Hall–Kier alpha value is -2.53. The van der Waals surface area contributed by atoms with Gasteiger partial charge in [0.25, 0.3) is 0 Å². The number of aliphatic imine (C=N–C) groups is 1. The predicted molar refractivity (Wildman–Crippen MR) is 81.6 cm³/mol. The maximum atomic E-state index is 5.55. The average molecular weight is 270 g/mol. The highest BCUT2D eigenvalue weighted by molar-refractivity contribution is 5.93. The molecule has 0 radical (unpaired) electrons. The molecule has 0 aromatic heterocycles. The second kappa shape index (κ2) is 7.81. The zero-order valence-corrected chi connectivity index (χ0v) is 11.1. The number of nitrogens with zero attached hydrogens (tertiary/aromatic N) is 1. The third-order valence-electron chi connectivity index (χ3n) is 2.55. The molecule has 0 aliphatic carbocycles. The van der Waals surface area contributed by atoms with Gasteiger partial charge in [-0.1, -0.05) is 36.4 Å². The van der Waals surface area contributed by atoms with Gasteiger partial charge in [0.2, 0.25) is 5.96 Å². The van der Waals surface area contributed by atoms with Crippen LogP contribution in [0.4, 0.5) is 5.69 Å². The first-order valence-corrected chi connectivity index (χ1v) is 6.39. The fourth-order valence-corrected chi connectivity index (χ4v) is 1.62. The highest BCUT2D eigenvalue weighted by Crippen LogP contribution is 2.07. The van der Waals surface area contributed by atoms with E-state index in [-0.39, 0.29) is 0 Å². The molecule has 0 aliphatic heterocycles. The number of anilines is 1. The fraction of sp³-hybridized carbons (Fsp3) is 0.133. The summed E-state index contributed by atoms with van der Waals surface area (Å²) in [4.78, 5) is 4.30. The fourth-order valence-electron chi connectivity index (χ4n) is 1.62. The van der Waals surface area contributed by atoms with Crippen molar-refractivity contribution >= 4 is 11.6 Å². The second-order valence-corrected chi connectivity index (χ2v) is 4.03. The minimum atomic E-state index is 0.492. The van der Waals surface area contributed by atoms with Gasteiger partial charge in [-0.15, -0.1) is 0 Å². The lowest BCUT2D eigenvalue weighted by Gasteiger charge is -2.09. The van der Waals surface area contributed by atoms with Crippen molar-refractivity contribution in [3.8, 4) is 5.75 Å². The van der Waals surface area contributed by atoms with Gasteiger partial charge in [-0.3, -0.25) is 5.43 Å². The Balaban J connectivity index is 1.79. The van der Waals surface area contributed by atoms with Gasteiger partial charge in [0.15, 0.2) is 0 Å². The largest absolute Gasteiger partial charge is 0.492 e. The molecule has 104 valence electrons. The Morgan fingerprint density at radius 1 is 1.00 bits per heavy atom. The molecule has 4 N–H and O–H groups in total. The van der Waals surface area contributed by atoms with Crippen LogP contribution >= 0.6 is 0 Å². The number of ether oxygens (including phenoxy) is 1. The van der Waals surface area contributed by atoms with Gasteiger partial charge in [-0.05, 0) is 24.3 Å². The quantitative estimate of drug-likeness (QED) is 0.255. The summed E-state index contributed by atoms with van der Waals surface area (Å²) in [6.45, 7) is 1.000. The number of nitrogens with two attached hydrogens (primary N) is 1. The van der Waals surface area contributed by atoms with E-state index in [2.05, 4.69) is 15.7 Å². The topological polar surface area (TPSA) is 71.7 Å². The summed E-state index contributed by atoms with van der Waals surface area (Å²) in [5.41, 5.74) is 3.46. The number of nitrogens with one attached hydrogen (secondary N) is 2. The van der Waals surface area contributed by atoms with Crippen molar-refractivity contribution < 1.29 is 4.74 Å². The summed E-state index contributed by atoms with van der Waals surface area (Å²) >= 11 is 0. The van der Waals surface area contributed by atoms with Gasteiger partial charge in [0, 0.05) is 5.69 Å². The molecule has 0 aliphatic rings. The SMILES string of the molecule is NNC(=NCCOc1ccccc1)Nc1ccccc1. The summed E-state index contributed by atoms with van der Waals surface area (Å²) in [6.07, 6.45) is 0. The molecule has 5 nitrogen and oxygen atoms in total. The van der Waals surface area contributed by atoms with E-state index in [0.29, 0.717) is 19.1 Å². The van der Waals surface area contributed by atoms with Crippen molar-refractivity contribution in [2.45, 2.75) is 0 Å². The van der Waals surface area contributed by atoms with E-state index in [9.17, 15) is 0 Å². The molecule has 0 spiro atoms. The van der Waals surface area contributed by atoms with E-state index in [1.807, 2.05) is 60.7 Å². The highest BCUT2D eigenvalue weighted by Gasteiger charge is 1.97.